The molecule has 0 atom stereocenters. The highest BCUT2D eigenvalue weighted by molar-refractivity contribution is 6.10. The second-order valence-electron chi connectivity index (χ2n) is 6.14. The molecule has 0 radical (unpaired) electrons. The Morgan fingerprint density at radius 1 is 1.00 bits per heavy atom. The second kappa shape index (κ2) is 5.27. The minimum absolute atomic E-state index is 0.0135. The second-order valence-corrected chi connectivity index (χ2v) is 6.14. The van der Waals surface area contributed by atoms with Crippen LogP contribution in [0.2, 0.25) is 0 Å². The molecule has 1 aliphatic rings. The minimum Gasteiger partial charge on any atom is -0.301 e. The van der Waals surface area contributed by atoms with Gasteiger partial charge in [0, 0.05) is 28.9 Å². The summed E-state index contributed by atoms with van der Waals surface area (Å²) in [6.07, 6.45) is 5.28. The highest BCUT2D eigenvalue weighted by atomic mass is 16.2. The molecule has 1 amide bonds. The van der Waals surface area contributed by atoms with Crippen molar-refractivity contribution in [3.05, 3.63) is 78.2 Å². The first-order valence-electron chi connectivity index (χ1n) is 8.08. The van der Waals surface area contributed by atoms with Crippen molar-refractivity contribution in [2.45, 2.75) is 6.54 Å². The molecule has 5 nitrogen and oxygen atoms in total. The van der Waals surface area contributed by atoms with Gasteiger partial charge in [0.25, 0.3) is 5.91 Å². The van der Waals surface area contributed by atoms with Crippen molar-refractivity contribution in [2.24, 2.45) is 0 Å². The average molecular weight is 326 g/mol. The van der Waals surface area contributed by atoms with Crippen LogP contribution >= 0.6 is 0 Å². The van der Waals surface area contributed by atoms with E-state index in [0.29, 0.717) is 6.54 Å². The largest absolute Gasteiger partial charge is 0.301 e. The molecule has 5 heteroatoms. The van der Waals surface area contributed by atoms with Crippen molar-refractivity contribution in [3.63, 3.8) is 0 Å². The molecule has 0 bridgehead atoms. The number of H-pyrrole nitrogens is 1. The number of fused-ring (bicyclic) bond motifs is 2. The van der Waals surface area contributed by atoms with E-state index < -0.39 is 0 Å². The third-order valence-electron chi connectivity index (χ3n) is 4.63. The predicted molar refractivity (Wildman–Crippen MR) is 96.3 cm³/mol. The molecule has 1 N–H and O–H groups in total. The smallest absolute Gasteiger partial charge is 0.259 e. The van der Waals surface area contributed by atoms with Crippen LogP contribution < -0.4 is 4.90 Å². The average Bonchev–Trinajstić information content (AvgIpc) is 3.29. The lowest BCUT2D eigenvalue weighted by atomic mass is 10.0. The maximum atomic E-state index is 12.6. The Bertz CT molecular complexity index is 1100. The van der Waals surface area contributed by atoms with Crippen molar-refractivity contribution in [1.82, 2.24) is 15.2 Å². The Morgan fingerprint density at radius 2 is 1.92 bits per heavy atom. The zero-order valence-corrected chi connectivity index (χ0v) is 13.3. The van der Waals surface area contributed by atoms with E-state index >= 15 is 0 Å². The number of anilines is 1. The zero-order valence-electron chi connectivity index (χ0n) is 13.3. The summed E-state index contributed by atoms with van der Waals surface area (Å²) in [6.45, 7) is 0.558. The lowest BCUT2D eigenvalue weighted by molar-refractivity contribution is 0.0996. The number of aromatic amines is 1. The number of rotatable bonds is 2. The highest BCUT2D eigenvalue weighted by Crippen LogP contribution is 2.31. The first-order valence-corrected chi connectivity index (χ1v) is 8.08. The van der Waals surface area contributed by atoms with Gasteiger partial charge in [-0.1, -0.05) is 24.3 Å². The summed E-state index contributed by atoms with van der Waals surface area (Å²) >= 11 is 0. The van der Waals surface area contributed by atoms with Crippen LogP contribution in [0.5, 0.6) is 0 Å². The quantitative estimate of drug-likeness (QED) is 0.610. The maximum Gasteiger partial charge on any atom is 0.259 e. The van der Waals surface area contributed by atoms with E-state index in [1.165, 1.54) is 0 Å². The molecule has 25 heavy (non-hydrogen) atoms. The maximum absolute atomic E-state index is 12.6. The van der Waals surface area contributed by atoms with Gasteiger partial charge in [-0.3, -0.25) is 14.9 Å². The van der Waals surface area contributed by atoms with Crippen LogP contribution in [0.3, 0.4) is 0 Å². The number of aromatic nitrogens is 3. The third kappa shape index (κ3) is 2.21. The topological polar surface area (TPSA) is 61.9 Å². The molecule has 0 unspecified atom stereocenters. The normalized spacial score (nSPS) is 13.4. The number of nitrogens with zero attached hydrogens (tertiary/aromatic N) is 3. The molecule has 2 aromatic heterocycles. The molecule has 0 spiro atoms. The Balaban J connectivity index is 1.55. The van der Waals surface area contributed by atoms with Crippen molar-refractivity contribution < 1.29 is 4.79 Å². The van der Waals surface area contributed by atoms with Crippen molar-refractivity contribution >= 4 is 22.5 Å². The van der Waals surface area contributed by atoms with Gasteiger partial charge in [-0.15, -0.1) is 0 Å². The fourth-order valence-corrected chi connectivity index (χ4v) is 3.33. The number of pyridine rings is 1. The van der Waals surface area contributed by atoms with Gasteiger partial charge in [-0.25, -0.2) is 0 Å². The molecule has 2 aromatic carbocycles. The fourth-order valence-electron chi connectivity index (χ4n) is 3.33. The molecule has 0 saturated carbocycles. The number of hydrogen-bond donors (Lipinski definition) is 1. The van der Waals surface area contributed by atoms with Crippen molar-refractivity contribution in [1.29, 1.82) is 0 Å². The van der Waals surface area contributed by atoms with Crippen LogP contribution in [-0.4, -0.2) is 21.1 Å². The molecule has 3 heterocycles. The Labute approximate surface area is 143 Å². The number of hydrogen-bond acceptors (Lipinski definition) is 3. The van der Waals surface area contributed by atoms with Gasteiger partial charge in [0.05, 0.1) is 23.9 Å². The summed E-state index contributed by atoms with van der Waals surface area (Å²) in [5.74, 6) is 0.0135. The third-order valence-corrected chi connectivity index (χ3v) is 4.63. The van der Waals surface area contributed by atoms with E-state index in [9.17, 15) is 4.79 Å². The first-order chi connectivity index (χ1) is 12.3. The number of benzene rings is 2. The summed E-state index contributed by atoms with van der Waals surface area (Å²) in [5.41, 5.74) is 5.66. The van der Waals surface area contributed by atoms with Gasteiger partial charge in [-0.05, 0) is 35.4 Å². The van der Waals surface area contributed by atoms with Crippen LogP contribution in [0, 0.1) is 0 Å². The van der Waals surface area contributed by atoms with Gasteiger partial charge in [0.1, 0.15) is 0 Å². The summed E-state index contributed by atoms with van der Waals surface area (Å²) in [4.78, 5) is 18.9. The summed E-state index contributed by atoms with van der Waals surface area (Å²) in [5, 5.41) is 7.79. The first kappa shape index (κ1) is 13.9. The van der Waals surface area contributed by atoms with Crippen LogP contribution in [0.4, 0.5) is 5.69 Å². The van der Waals surface area contributed by atoms with E-state index in [2.05, 4.69) is 33.4 Å². The molecular weight excluding hydrogens is 312 g/mol. The number of para-hydroxylation sites is 1. The molecule has 0 aliphatic carbocycles. The molecule has 0 fully saturated rings. The minimum atomic E-state index is 0.0135. The predicted octanol–water partition coefficient (Wildman–Crippen LogP) is 3.79. The van der Waals surface area contributed by atoms with Gasteiger partial charge in [0.15, 0.2) is 0 Å². The standard InChI is InChI=1S/C20H14N4O/c25-20-18-6-5-13(7-16(18)12-24(20)17-10-22-23-11-17)15-8-14-3-1-2-4-19(14)21-9-15/h1-11H,12H2,(H,22,23). The Hall–Kier alpha value is -3.47. The molecule has 1 aliphatic heterocycles. The molecule has 0 saturated heterocycles. The highest BCUT2D eigenvalue weighted by Gasteiger charge is 2.29. The SMILES string of the molecule is O=C1c2ccc(-c3cnc4ccccc4c3)cc2CN1c1cn[nH]c1. The van der Waals surface area contributed by atoms with Crippen molar-refractivity contribution in [3.8, 4) is 11.1 Å². The Morgan fingerprint density at radius 3 is 2.80 bits per heavy atom. The van der Waals surface area contributed by atoms with Crippen LogP contribution in [0.15, 0.2) is 67.1 Å². The Kier molecular flexibility index (Phi) is 2.94. The summed E-state index contributed by atoms with van der Waals surface area (Å²) in [6, 6.07) is 16.2. The van der Waals surface area contributed by atoms with Gasteiger partial charge >= 0.3 is 0 Å². The van der Waals surface area contributed by atoms with Gasteiger partial charge < -0.3 is 4.90 Å². The molecular formula is C20H14N4O. The zero-order chi connectivity index (χ0) is 16.8. The number of carbonyl (C=O) groups excluding carboxylic acids is 1. The fraction of sp³-hybridized carbons (Fsp3) is 0.0500. The summed E-state index contributed by atoms with van der Waals surface area (Å²) < 4.78 is 0. The molecule has 5 rings (SSSR count). The van der Waals surface area contributed by atoms with E-state index in [0.717, 1.165) is 38.8 Å². The van der Waals surface area contributed by atoms with E-state index in [4.69, 9.17) is 0 Å². The lowest BCUT2D eigenvalue weighted by Crippen LogP contribution is -2.22. The lowest BCUT2D eigenvalue weighted by Gasteiger charge is -2.11. The monoisotopic (exact) mass is 326 g/mol. The van der Waals surface area contributed by atoms with Crippen LogP contribution in [-0.2, 0) is 6.54 Å². The number of carbonyl (C=O) groups is 1. The van der Waals surface area contributed by atoms with Crippen LogP contribution in [0.1, 0.15) is 15.9 Å². The van der Waals surface area contributed by atoms with Gasteiger partial charge in [-0.2, -0.15) is 5.10 Å². The van der Waals surface area contributed by atoms with E-state index in [-0.39, 0.29) is 5.91 Å². The molecule has 120 valence electrons. The van der Waals surface area contributed by atoms with E-state index in [1.807, 2.05) is 36.5 Å². The summed E-state index contributed by atoms with van der Waals surface area (Å²) in [7, 11) is 0. The van der Waals surface area contributed by atoms with E-state index in [1.54, 1.807) is 17.3 Å². The van der Waals surface area contributed by atoms with Gasteiger partial charge in [0.2, 0.25) is 0 Å². The van der Waals surface area contributed by atoms with Crippen LogP contribution in [0.25, 0.3) is 22.0 Å². The van der Waals surface area contributed by atoms with Crippen molar-refractivity contribution in [2.75, 3.05) is 4.90 Å². The number of amides is 1. The molecule has 4 aromatic rings. The number of nitrogens with one attached hydrogen (secondary N) is 1.